The molecule has 0 aliphatic carbocycles. The summed E-state index contributed by atoms with van der Waals surface area (Å²) < 4.78 is 13.3. The molecule has 0 aromatic heterocycles. The van der Waals surface area contributed by atoms with E-state index in [9.17, 15) is 4.39 Å². The Hall–Kier alpha value is -1.16. The van der Waals surface area contributed by atoms with Gasteiger partial charge < -0.3 is 10.6 Å². The van der Waals surface area contributed by atoms with Crippen LogP contribution in [-0.4, -0.2) is 17.1 Å². The molecule has 1 saturated heterocycles. The van der Waals surface area contributed by atoms with Gasteiger partial charge in [-0.05, 0) is 44.9 Å². The zero-order valence-electron chi connectivity index (χ0n) is 10.2. The molecule has 92 valence electrons. The molecule has 0 saturated carbocycles. The Morgan fingerprint density at radius 2 is 2.18 bits per heavy atom. The van der Waals surface area contributed by atoms with Crippen LogP contribution in [-0.2, 0) is 0 Å². The smallest absolute Gasteiger partial charge is 0.124 e. The molecule has 1 aliphatic rings. The summed E-state index contributed by atoms with van der Waals surface area (Å²) >= 11 is 5.00. The Morgan fingerprint density at radius 3 is 2.71 bits per heavy atom. The van der Waals surface area contributed by atoms with E-state index in [1.165, 1.54) is 12.1 Å². The van der Waals surface area contributed by atoms with E-state index in [1.807, 2.05) is 0 Å². The summed E-state index contributed by atoms with van der Waals surface area (Å²) in [6, 6.07) is 4.66. The molecule has 1 aliphatic heterocycles. The predicted octanol–water partition coefficient (Wildman–Crippen LogP) is 2.84. The van der Waals surface area contributed by atoms with Crippen molar-refractivity contribution in [3.63, 3.8) is 0 Å². The Bertz CT molecular complexity index is 457. The lowest BCUT2D eigenvalue weighted by Crippen LogP contribution is -2.39. The van der Waals surface area contributed by atoms with Crippen LogP contribution in [0.4, 0.5) is 10.1 Å². The second kappa shape index (κ2) is 4.26. The molecular weight excluding hydrogens is 235 g/mol. The number of benzene rings is 1. The minimum absolute atomic E-state index is 0.0807. The van der Waals surface area contributed by atoms with Crippen LogP contribution < -0.4 is 10.6 Å². The number of anilines is 1. The first-order chi connectivity index (χ1) is 7.92. The highest BCUT2D eigenvalue weighted by Gasteiger charge is 2.33. The van der Waals surface area contributed by atoms with E-state index in [0.717, 1.165) is 25.1 Å². The van der Waals surface area contributed by atoms with Gasteiger partial charge in [0.1, 0.15) is 10.8 Å². The molecular formula is C13H17FN2S. The summed E-state index contributed by atoms with van der Waals surface area (Å²) in [6.45, 7) is 5.34. The van der Waals surface area contributed by atoms with E-state index in [0.29, 0.717) is 5.56 Å². The zero-order valence-corrected chi connectivity index (χ0v) is 11.0. The van der Waals surface area contributed by atoms with Crippen molar-refractivity contribution < 1.29 is 4.39 Å². The van der Waals surface area contributed by atoms with Gasteiger partial charge >= 0.3 is 0 Å². The third-order valence-electron chi connectivity index (χ3n) is 3.42. The zero-order chi connectivity index (χ0) is 12.6. The topological polar surface area (TPSA) is 29.3 Å². The maximum atomic E-state index is 13.3. The van der Waals surface area contributed by atoms with Crippen LogP contribution in [0, 0.1) is 5.82 Å². The summed E-state index contributed by atoms with van der Waals surface area (Å²) in [5, 5.41) is 0. The van der Waals surface area contributed by atoms with Gasteiger partial charge in [-0.3, -0.25) is 0 Å². The van der Waals surface area contributed by atoms with Gasteiger partial charge in [-0.1, -0.05) is 12.2 Å². The Labute approximate surface area is 107 Å². The maximum Gasteiger partial charge on any atom is 0.124 e. The minimum Gasteiger partial charge on any atom is -0.389 e. The first kappa shape index (κ1) is 12.3. The van der Waals surface area contributed by atoms with E-state index in [1.54, 1.807) is 6.07 Å². The fourth-order valence-corrected chi connectivity index (χ4v) is 2.66. The van der Waals surface area contributed by atoms with Crippen molar-refractivity contribution in [3.8, 4) is 0 Å². The van der Waals surface area contributed by atoms with Gasteiger partial charge in [-0.15, -0.1) is 0 Å². The van der Waals surface area contributed by atoms with Crippen LogP contribution in [0.3, 0.4) is 0 Å². The minimum atomic E-state index is -0.298. The summed E-state index contributed by atoms with van der Waals surface area (Å²) in [5.41, 5.74) is 7.34. The average molecular weight is 252 g/mol. The Balaban J connectivity index is 2.48. The van der Waals surface area contributed by atoms with Gasteiger partial charge in [0.05, 0.1) is 0 Å². The van der Waals surface area contributed by atoms with Crippen molar-refractivity contribution in [2.45, 2.75) is 32.2 Å². The standard InChI is InChI=1S/C13H17FN2S/c1-13(2)6-3-7-16(13)11-5-4-9(14)8-10(11)12(15)17/h4-5,8H,3,6-7H2,1-2H3,(H2,15,17). The highest BCUT2D eigenvalue weighted by atomic mass is 32.1. The lowest BCUT2D eigenvalue weighted by molar-refractivity contribution is 0.517. The van der Waals surface area contributed by atoms with E-state index in [4.69, 9.17) is 18.0 Å². The maximum absolute atomic E-state index is 13.3. The van der Waals surface area contributed by atoms with Crippen LogP contribution in [0.25, 0.3) is 0 Å². The third-order valence-corrected chi connectivity index (χ3v) is 3.64. The Kier molecular flexibility index (Phi) is 3.08. The van der Waals surface area contributed by atoms with Crippen LogP contribution in [0.15, 0.2) is 18.2 Å². The van der Waals surface area contributed by atoms with Crippen molar-refractivity contribution in [2.24, 2.45) is 5.73 Å². The van der Waals surface area contributed by atoms with Gasteiger partial charge in [-0.2, -0.15) is 0 Å². The van der Waals surface area contributed by atoms with Crippen LogP contribution in [0.2, 0.25) is 0 Å². The largest absolute Gasteiger partial charge is 0.389 e. The van der Waals surface area contributed by atoms with E-state index in [-0.39, 0.29) is 16.3 Å². The molecule has 1 aromatic rings. The molecule has 1 fully saturated rings. The Morgan fingerprint density at radius 1 is 1.47 bits per heavy atom. The molecule has 0 spiro atoms. The molecule has 2 N–H and O–H groups in total. The summed E-state index contributed by atoms with van der Waals surface area (Å²) in [6.07, 6.45) is 2.27. The molecule has 2 rings (SSSR count). The predicted molar refractivity (Wildman–Crippen MR) is 72.9 cm³/mol. The summed E-state index contributed by atoms with van der Waals surface area (Å²) in [4.78, 5) is 2.52. The van der Waals surface area contributed by atoms with Crippen molar-refractivity contribution in [2.75, 3.05) is 11.4 Å². The number of halogens is 1. The average Bonchev–Trinajstić information content (AvgIpc) is 2.58. The quantitative estimate of drug-likeness (QED) is 0.821. The number of hydrogen-bond acceptors (Lipinski definition) is 2. The van der Waals surface area contributed by atoms with E-state index < -0.39 is 0 Å². The van der Waals surface area contributed by atoms with E-state index >= 15 is 0 Å². The molecule has 0 amide bonds. The van der Waals surface area contributed by atoms with Gasteiger partial charge in [0.15, 0.2) is 0 Å². The molecule has 1 heterocycles. The number of nitrogens with zero attached hydrogens (tertiary/aromatic N) is 1. The number of rotatable bonds is 2. The van der Waals surface area contributed by atoms with E-state index in [2.05, 4.69) is 18.7 Å². The van der Waals surface area contributed by atoms with Crippen molar-refractivity contribution in [1.82, 2.24) is 0 Å². The molecule has 0 unspecified atom stereocenters. The van der Waals surface area contributed by atoms with Crippen molar-refractivity contribution in [1.29, 1.82) is 0 Å². The van der Waals surface area contributed by atoms with Crippen LogP contribution in [0.1, 0.15) is 32.3 Å². The van der Waals surface area contributed by atoms with Gasteiger partial charge in [0.2, 0.25) is 0 Å². The van der Waals surface area contributed by atoms with Gasteiger partial charge in [0, 0.05) is 23.3 Å². The first-order valence-corrected chi connectivity index (χ1v) is 6.20. The monoisotopic (exact) mass is 252 g/mol. The SMILES string of the molecule is CC1(C)CCCN1c1ccc(F)cc1C(N)=S. The van der Waals surface area contributed by atoms with Crippen molar-refractivity contribution >= 4 is 22.9 Å². The third kappa shape index (κ3) is 2.27. The first-order valence-electron chi connectivity index (χ1n) is 5.79. The molecule has 0 radical (unpaired) electrons. The second-order valence-electron chi connectivity index (χ2n) is 5.09. The fourth-order valence-electron chi connectivity index (χ4n) is 2.49. The molecule has 1 aromatic carbocycles. The fraction of sp³-hybridized carbons (Fsp3) is 0.462. The normalized spacial score (nSPS) is 18.4. The lowest BCUT2D eigenvalue weighted by atomic mass is 10.0. The molecule has 17 heavy (non-hydrogen) atoms. The highest BCUT2D eigenvalue weighted by Crippen LogP contribution is 2.35. The second-order valence-corrected chi connectivity index (χ2v) is 5.53. The highest BCUT2D eigenvalue weighted by molar-refractivity contribution is 7.80. The summed E-state index contributed by atoms with van der Waals surface area (Å²) in [7, 11) is 0. The van der Waals surface area contributed by atoms with Crippen molar-refractivity contribution in [3.05, 3.63) is 29.6 Å². The number of hydrogen-bond donors (Lipinski definition) is 1. The summed E-state index contributed by atoms with van der Waals surface area (Å²) in [5.74, 6) is -0.298. The van der Waals surface area contributed by atoms with Crippen LogP contribution >= 0.6 is 12.2 Å². The van der Waals surface area contributed by atoms with Gasteiger partial charge in [-0.25, -0.2) is 4.39 Å². The lowest BCUT2D eigenvalue weighted by Gasteiger charge is -2.35. The molecule has 4 heteroatoms. The van der Waals surface area contributed by atoms with Gasteiger partial charge in [0.25, 0.3) is 0 Å². The van der Waals surface area contributed by atoms with Crippen LogP contribution in [0.5, 0.6) is 0 Å². The number of thiocarbonyl (C=S) groups is 1. The molecule has 2 nitrogen and oxygen atoms in total. The molecule has 0 bridgehead atoms. The number of nitrogens with two attached hydrogens (primary N) is 1. The molecule has 0 atom stereocenters.